The van der Waals surface area contributed by atoms with Gasteiger partial charge >= 0.3 is 0 Å². The number of aryl methyl sites for hydroxylation is 1. The Hall–Kier alpha value is -2.30. The molecular weight excluding hydrogens is 477 g/mol. The summed E-state index contributed by atoms with van der Waals surface area (Å²) in [6.07, 6.45) is 3.53. The van der Waals surface area contributed by atoms with Crippen LogP contribution in [0.25, 0.3) is 5.65 Å². The van der Waals surface area contributed by atoms with E-state index in [9.17, 15) is 8.78 Å². The summed E-state index contributed by atoms with van der Waals surface area (Å²) in [5.74, 6) is 0.283. The molecule has 1 aromatic carbocycles. The van der Waals surface area contributed by atoms with Crippen molar-refractivity contribution in [2.24, 2.45) is 4.99 Å². The average molecular weight is 500 g/mol. The van der Waals surface area contributed by atoms with Gasteiger partial charge in [-0.1, -0.05) is 12.1 Å². The van der Waals surface area contributed by atoms with Crippen molar-refractivity contribution in [2.45, 2.75) is 25.8 Å². The molecule has 28 heavy (non-hydrogen) atoms. The van der Waals surface area contributed by atoms with Crippen LogP contribution in [0.15, 0.2) is 47.6 Å². The SMILES string of the molecule is CN=C(NCCCc1nnc2ccccn12)NC(C)c1ccc(F)cc1F.I. The van der Waals surface area contributed by atoms with Crippen LogP contribution in [0.2, 0.25) is 0 Å². The van der Waals surface area contributed by atoms with Crippen molar-refractivity contribution in [3.8, 4) is 0 Å². The topological polar surface area (TPSA) is 66.6 Å². The van der Waals surface area contributed by atoms with Crippen LogP contribution >= 0.6 is 24.0 Å². The predicted octanol–water partition coefficient (Wildman–Crippen LogP) is 3.48. The zero-order valence-corrected chi connectivity index (χ0v) is 18.0. The molecule has 2 N–H and O–H groups in total. The van der Waals surface area contributed by atoms with Gasteiger partial charge in [0.05, 0.1) is 6.04 Å². The minimum absolute atomic E-state index is 0. The Kier molecular flexibility index (Phi) is 8.09. The van der Waals surface area contributed by atoms with Gasteiger partial charge in [0.15, 0.2) is 11.6 Å². The molecule has 2 aromatic heterocycles. The largest absolute Gasteiger partial charge is 0.356 e. The molecule has 0 saturated heterocycles. The molecule has 0 aliphatic rings. The number of nitrogens with one attached hydrogen (secondary N) is 2. The molecule has 9 heteroatoms. The summed E-state index contributed by atoms with van der Waals surface area (Å²) < 4.78 is 28.9. The second-order valence-electron chi connectivity index (χ2n) is 6.18. The van der Waals surface area contributed by atoms with E-state index < -0.39 is 11.6 Å². The molecule has 3 rings (SSSR count). The lowest BCUT2D eigenvalue weighted by atomic mass is 10.1. The van der Waals surface area contributed by atoms with Crippen molar-refractivity contribution in [3.05, 3.63) is 65.6 Å². The van der Waals surface area contributed by atoms with E-state index in [4.69, 9.17) is 0 Å². The molecule has 0 fully saturated rings. The quantitative estimate of drug-likeness (QED) is 0.236. The van der Waals surface area contributed by atoms with Crippen LogP contribution in [0.5, 0.6) is 0 Å². The van der Waals surface area contributed by atoms with E-state index in [2.05, 4.69) is 25.8 Å². The highest BCUT2D eigenvalue weighted by Gasteiger charge is 2.13. The fraction of sp³-hybridized carbons (Fsp3) is 0.316. The van der Waals surface area contributed by atoms with Crippen molar-refractivity contribution in [1.29, 1.82) is 0 Å². The van der Waals surface area contributed by atoms with Crippen LogP contribution < -0.4 is 10.6 Å². The van der Waals surface area contributed by atoms with Crippen molar-refractivity contribution in [1.82, 2.24) is 25.2 Å². The minimum Gasteiger partial charge on any atom is -0.356 e. The monoisotopic (exact) mass is 500 g/mol. The number of aliphatic imine (C=N–C) groups is 1. The van der Waals surface area contributed by atoms with Gasteiger partial charge in [-0.15, -0.1) is 34.2 Å². The highest BCUT2D eigenvalue weighted by molar-refractivity contribution is 14.0. The van der Waals surface area contributed by atoms with Gasteiger partial charge in [0.1, 0.15) is 17.5 Å². The number of rotatable bonds is 6. The van der Waals surface area contributed by atoms with E-state index in [1.54, 1.807) is 14.0 Å². The fourth-order valence-corrected chi connectivity index (χ4v) is 2.84. The second kappa shape index (κ2) is 10.3. The number of hydrogen-bond donors (Lipinski definition) is 2. The molecule has 0 aliphatic heterocycles. The van der Waals surface area contributed by atoms with Crippen molar-refractivity contribution in [2.75, 3.05) is 13.6 Å². The standard InChI is InChI=1S/C19H22F2N6.HI/c1-13(15-9-8-14(20)12-16(15)21)24-19(22-2)23-10-5-7-18-26-25-17-6-3-4-11-27(17)18;/h3-4,6,8-9,11-13H,5,7,10H2,1-2H3,(H2,22,23,24);1H. The second-order valence-corrected chi connectivity index (χ2v) is 6.18. The Morgan fingerprint density at radius 3 is 2.79 bits per heavy atom. The van der Waals surface area contributed by atoms with Crippen LogP contribution in [0.4, 0.5) is 8.78 Å². The van der Waals surface area contributed by atoms with Gasteiger partial charge in [0.2, 0.25) is 0 Å². The Balaban J connectivity index is 0.00000280. The van der Waals surface area contributed by atoms with E-state index in [1.807, 2.05) is 28.8 Å². The molecule has 6 nitrogen and oxygen atoms in total. The summed E-state index contributed by atoms with van der Waals surface area (Å²) in [4.78, 5) is 4.15. The summed E-state index contributed by atoms with van der Waals surface area (Å²) in [6, 6.07) is 9.00. The number of fused-ring (bicyclic) bond motifs is 1. The number of pyridine rings is 1. The van der Waals surface area contributed by atoms with E-state index in [0.717, 1.165) is 30.4 Å². The maximum absolute atomic E-state index is 13.9. The molecule has 1 unspecified atom stereocenters. The predicted molar refractivity (Wildman–Crippen MR) is 116 cm³/mol. The molecule has 2 heterocycles. The molecule has 3 aromatic rings. The number of hydrogen-bond acceptors (Lipinski definition) is 3. The maximum Gasteiger partial charge on any atom is 0.191 e. The van der Waals surface area contributed by atoms with Crippen molar-refractivity contribution >= 4 is 35.6 Å². The summed E-state index contributed by atoms with van der Waals surface area (Å²) in [6.45, 7) is 2.46. The summed E-state index contributed by atoms with van der Waals surface area (Å²) in [5.41, 5.74) is 1.21. The van der Waals surface area contributed by atoms with Gasteiger partial charge in [0, 0.05) is 37.8 Å². The molecule has 0 radical (unpaired) electrons. The maximum atomic E-state index is 13.9. The van der Waals surface area contributed by atoms with Crippen LogP contribution in [0.1, 0.15) is 30.8 Å². The zero-order valence-electron chi connectivity index (χ0n) is 15.7. The van der Waals surface area contributed by atoms with Gasteiger partial charge in [-0.2, -0.15) is 0 Å². The number of nitrogens with zero attached hydrogens (tertiary/aromatic N) is 4. The third-order valence-corrected chi connectivity index (χ3v) is 4.26. The van der Waals surface area contributed by atoms with Gasteiger partial charge in [-0.3, -0.25) is 9.39 Å². The smallest absolute Gasteiger partial charge is 0.191 e. The Morgan fingerprint density at radius 2 is 2.04 bits per heavy atom. The first kappa shape index (κ1) is 22.0. The molecule has 0 saturated carbocycles. The number of aromatic nitrogens is 3. The lowest BCUT2D eigenvalue weighted by Gasteiger charge is -2.18. The van der Waals surface area contributed by atoms with Gasteiger partial charge in [-0.25, -0.2) is 8.78 Å². The van der Waals surface area contributed by atoms with E-state index in [1.165, 1.54) is 12.1 Å². The Morgan fingerprint density at radius 1 is 1.21 bits per heavy atom. The molecule has 150 valence electrons. The van der Waals surface area contributed by atoms with Crippen molar-refractivity contribution in [3.63, 3.8) is 0 Å². The third-order valence-electron chi connectivity index (χ3n) is 4.26. The van der Waals surface area contributed by atoms with Crippen LogP contribution in [0, 0.1) is 11.6 Å². The highest BCUT2D eigenvalue weighted by atomic mass is 127. The Labute approximate surface area is 179 Å². The number of benzene rings is 1. The first-order valence-corrected chi connectivity index (χ1v) is 8.79. The molecule has 0 amide bonds. The third kappa shape index (κ3) is 5.37. The lowest BCUT2D eigenvalue weighted by molar-refractivity contribution is 0.550. The fourth-order valence-electron chi connectivity index (χ4n) is 2.84. The Bertz CT molecular complexity index is 943. The molecule has 0 aliphatic carbocycles. The summed E-state index contributed by atoms with van der Waals surface area (Å²) in [5, 5.41) is 14.6. The van der Waals surface area contributed by atoms with Gasteiger partial charge < -0.3 is 10.6 Å². The van der Waals surface area contributed by atoms with Crippen LogP contribution in [0.3, 0.4) is 0 Å². The van der Waals surface area contributed by atoms with E-state index >= 15 is 0 Å². The minimum atomic E-state index is -0.591. The van der Waals surface area contributed by atoms with E-state index in [-0.39, 0.29) is 30.0 Å². The number of halogens is 3. The van der Waals surface area contributed by atoms with Crippen molar-refractivity contribution < 1.29 is 8.78 Å². The van der Waals surface area contributed by atoms with E-state index in [0.29, 0.717) is 18.1 Å². The average Bonchev–Trinajstić information content (AvgIpc) is 3.07. The van der Waals surface area contributed by atoms with Gasteiger partial charge in [-0.05, 0) is 31.5 Å². The first-order valence-electron chi connectivity index (χ1n) is 8.79. The summed E-state index contributed by atoms with van der Waals surface area (Å²) >= 11 is 0. The molecular formula is C19H23F2IN6. The number of guanidine groups is 1. The molecule has 1 atom stereocenters. The van der Waals surface area contributed by atoms with Crippen LogP contribution in [-0.2, 0) is 6.42 Å². The first-order chi connectivity index (χ1) is 13.1. The molecule has 0 spiro atoms. The van der Waals surface area contributed by atoms with Gasteiger partial charge in [0.25, 0.3) is 0 Å². The van der Waals surface area contributed by atoms with Crippen LogP contribution in [-0.4, -0.2) is 34.2 Å². The normalized spacial score (nSPS) is 12.5. The zero-order chi connectivity index (χ0) is 19.2. The molecule has 0 bridgehead atoms. The highest BCUT2D eigenvalue weighted by Crippen LogP contribution is 2.17. The lowest BCUT2D eigenvalue weighted by Crippen LogP contribution is -2.39. The summed E-state index contributed by atoms with van der Waals surface area (Å²) in [7, 11) is 1.65.